The lowest BCUT2D eigenvalue weighted by molar-refractivity contribution is -0.119. The van der Waals surface area contributed by atoms with Crippen LogP contribution >= 0.6 is 11.8 Å². The highest BCUT2D eigenvalue weighted by molar-refractivity contribution is 7.99. The fourth-order valence-corrected chi connectivity index (χ4v) is 4.26. The van der Waals surface area contributed by atoms with Crippen molar-refractivity contribution in [1.82, 2.24) is 25.1 Å². The first-order chi connectivity index (χ1) is 13.6. The van der Waals surface area contributed by atoms with Gasteiger partial charge in [0.2, 0.25) is 5.91 Å². The Bertz CT molecular complexity index is 959. The van der Waals surface area contributed by atoms with Gasteiger partial charge in [-0.15, -0.1) is 10.2 Å². The average molecular weight is 400 g/mol. The van der Waals surface area contributed by atoms with Gasteiger partial charge in [-0.05, 0) is 32.8 Å². The van der Waals surface area contributed by atoms with Crippen LogP contribution in [0.4, 0.5) is 0 Å². The van der Waals surface area contributed by atoms with Gasteiger partial charge in [0.05, 0.1) is 18.4 Å². The van der Waals surface area contributed by atoms with Gasteiger partial charge >= 0.3 is 0 Å². The van der Waals surface area contributed by atoms with E-state index in [4.69, 9.17) is 4.74 Å². The van der Waals surface area contributed by atoms with Gasteiger partial charge in [-0.3, -0.25) is 9.36 Å². The van der Waals surface area contributed by atoms with Crippen LogP contribution < -0.4 is 5.32 Å². The molecule has 0 saturated carbocycles. The lowest BCUT2D eigenvalue weighted by atomic mass is 10.1. The second-order valence-corrected chi connectivity index (χ2v) is 8.25. The molecule has 1 aromatic carbocycles. The van der Waals surface area contributed by atoms with E-state index < -0.39 is 0 Å². The normalized spacial score (nSPS) is 16.9. The molecule has 0 spiro atoms. The lowest BCUT2D eigenvalue weighted by Gasteiger charge is -2.14. The zero-order valence-electron chi connectivity index (χ0n) is 16.1. The summed E-state index contributed by atoms with van der Waals surface area (Å²) in [7, 11) is 0. The van der Waals surface area contributed by atoms with Gasteiger partial charge in [0.15, 0.2) is 11.0 Å². The molecule has 28 heavy (non-hydrogen) atoms. The summed E-state index contributed by atoms with van der Waals surface area (Å²) < 4.78 is 7.94. The van der Waals surface area contributed by atoms with Gasteiger partial charge in [-0.1, -0.05) is 30.0 Å². The van der Waals surface area contributed by atoms with E-state index in [9.17, 15) is 4.79 Å². The van der Waals surface area contributed by atoms with Crippen LogP contribution in [0.15, 0.2) is 35.6 Å². The number of nitrogens with zero attached hydrogens (tertiary/aromatic N) is 3. The molecule has 1 aliphatic heterocycles. The Morgan fingerprint density at radius 2 is 2.25 bits per heavy atom. The minimum Gasteiger partial charge on any atom is -0.376 e. The maximum absolute atomic E-state index is 12.1. The number of nitrogens with one attached hydrogen (secondary N) is 2. The number of carbonyl (C=O) groups is 1. The van der Waals surface area contributed by atoms with Gasteiger partial charge in [0.1, 0.15) is 0 Å². The number of benzene rings is 1. The van der Waals surface area contributed by atoms with E-state index in [0.29, 0.717) is 12.3 Å². The summed E-state index contributed by atoms with van der Waals surface area (Å²) in [4.78, 5) is 15.4. The number of thioether (sulfide) groups is 1. The number of hydrogen-bond donors (Lipinski definition) is 2. The average Bonchev–Trinajstić information content (AvgIpc) is 3.40. The van der Waals surface area contributed by atoms with E-state index in [2.05, 4.69) is 31.1 Å². The number of hydrogen-bond acceptors (Lipinski definition) is 5. The van der Waals surface area contributed by atoms with E-state index >= 15 is 0 Å². The van der Waals surface area contributed by atoms with Crippen molar-refractivity contribution >= 4 is 28.6 Å². The largest absolute Gasteiger partial charge is 0.376 e. The number of para-hydroxylation sites is 1. The van der Waals surface area contributed by atoms with E-state index in [1.807, 2.05) is 38.2 Å². The van der Waals surface area contributed by atoms with Gasteiger partial charge in [-0.25, -0.2) is 0 Å². The zero-order chi connectivity index (χ0) is 19.5. The molecule has 7 nitrogen and oxygen atoms in total. The Morgan fingerprint density at radius 1 is 1.39 bits per heavy atom. The first kappa shape index (κ1) is 19.0. The molecule has 4 rings (SSSR count). The molecule has 1 fully saturated rings. The first-order valence-corrected chi connectivity index (χ1v) is 10.6. The van der Waals surface area contributed by atoms with E-state index in [0.717, 1.165) is 46.9 Å². The summed E-state index contributed by atoms with van der Waals surface area (Å²) in [5.41, 5.74) is 2.08. The summed E-state index contributed by atoms with van der Waals surface area (Å²) in [5.74, 6) is 1.12. The summed E-state index contributed by atoms with van der Waals surface area (Å²) in [6.07, 6.45) is 4.24. The SMILES string of the molecule is CC(C)NC(=O)CSc1nnc(-c2c[nH]c3ccccc23)n1CC1CCCO1. The molecule has 1 saturated heterocycles. The molecule has 0 aliphatic carbocycles. The molecule has 1 amide bonds. The van der Waals surface area contributed by atoms with Crippen LogP contribution in [0.1, 0.15) is 26.7 Å². The minimum absolute atomic E-state index is 0.000288. The number of aromatic amines is 1. The molecule has 2 aromatic heterocycles. The number of amides is 1. The van der Waals surface area contributed by atoms with Crippen LogP contribution in [0.2, 0.25) is 0 Å². The van der Waals surface area contributed by atoms with Gasteiger partial charge in [0, 0.05) is 35.3 Å². The molecule has 3 aromatic rings. The van der Waals surface area contributed by atoms with Crippen LogP contribution in [-0.4, -0.2) is 50.2 Å². The third-order valence-electron chi connectivity index (χ3n) is 4.74. The predicted octanol–water partition coefficient (Wildman–Crippen LogP) is 3.22. The third-order valence-corrected chi connectivity index (χ3v) is 5.71. The Morgan fingerprint density at radius 3 is 3.04 bits per heavy atom. The van der Waals surface area contributed by atoms with E-state index in [1.54, 1.807) is 0 Å². The summed E-state index contributed by atoms with van der Waals surface area (Å²) in [6.45, 7) is 5.40. The number of carbonyl (C=O) groups excluding carboxylic acids is 1. The molecule has 148 valence electrons. The van der Waals surface area contributed by atoms with Crippen molar-refractivity contribution in [3.05, 3.63) is 30.5 Å². The molecule has 2 N–H and O–H groups in total. The van der Waals surface area contributed by atoms with Crippen molar-refractivity contribution in [2.24, 2.45) is 0 Å². The monoisotopic (exact) mass is 399 g/mol. The van der Waals surface area contributed by atoms with Gasteiger partial charge in [0.25, 0.3) is 0 Å². The molecule has 1 atom stereocenters. The third kappa shape index (κ3) is 4.07. The standard InChI is InChI=1S/C20H25N5O2S/c1-13(2)22-18(26)12-28-20-24-23-19(25(20)11-14-6-5-9-27-14)16-10-21-17-8-4-3-7-15(16)17/h3-4,7-8,10,13-14,21H,5-6,9,11-12H2,1-2H3,(H,22,26). The molecule has 1 aliphatic rings. The highest BCUT2D eigenvalue weighted by Gasteiger charge is 2.23. The lowest BCUT2D eigenvalue weighted by Crippen LogP contribution is -2.31. The van der Waals surface area contributed by atoms with Gasteiger partial charge < -0.3 is 15.0 Å². The number of rotatable bonds is 7. The molecule has 1 unspecified atom stereocenters. The summed E-state index contributed by atoms with van der Waals surface area (Å²) in [5, 5.41) is 13.6. The number of H-pyrrole nitrogens is 1. The van der Waals surface area contributed by atoms with Crippen molar-refractivity contribution in [3.63, 3.8) is 0 Å². The maximum atomic E-state index is 12.1. The highest BCUT2D eigenvalue weighted by Crippen LogP contribution is 2.31. The molecular weight excluding hydrogens is 374 g/mol. The van der Waals surface area contributed by atoms with Crippen molar-refractivity contribution in [3.8, 4) is 11.4 Å². The van der Waals surface area contributed by atoms with Crippen LogP contribution in [0.3, 0.4) is 0 Å². The van der Waals surface area contributed by atoms with Crippen LogP contribution in [-0.2, 0) is 16.1 Å². The maximum Gasteiger partial charge on any atom is 0.230 e. The van der Waals surface area contributed by atoms with Crippen molar-refractivity contribution < 1.29 is 9.53 Å². The quantitative estimate of drug-likeness (QED) is 0.596. The van der Waals surface area contributed by atoms with Crippen LogP contribution in [0.5, 0.6) is 0 Å². The number of ether oxygens (including phenoxy) is 1. The second kappa shape index (κ2) is 8.36. The summed E-state index contributed by atoms with van der Waals surface area (Å²) in [6, 6.07) is 8.28. The smallest absolute Gasteiger partial charge is 0.230 e. The molecule has 3 heterocycles. The van der Waals surface area contributed by atoms with Crippen molar-refractivity contribution in [2.45, 2.75) is 50.5 Å². The van der Waals surface area contributed by atoms with Crippen LogP contribution in [0, 0.1) is 0 Å². The molecule has 0 radical (unpaired) electrons. The Labute approximate surface area is 168 Å². The summed E-state index contributed by atoms with van der Waals surface area (Å²) >= 11 is 1.42. The Hall–Kier alpha value is -2.32. The molecule has 8 heteroatoms. The highest BCUT2D eigenvalue weighted by atomic mass is 32.2. The second-order valence-electron chi connectivity index (χ2n) is 7.31. The Balaban J connectivity index is 1.64. The zero-order valence-corrected chi connectivity index (χ0v) is 17.0. The van der Waals surface area contributed by atoms with Crippen molar-refractivity contribution in [1.29, 1.82) is 0 Å². The predicted molar refractivity (Wildman–Crippen MR) is 110 cm³/mol. The fraction of sp³-hybridized carbons (Fsp3) is 0.450. The molecule has 0 bridgehead atoms. The Kier molecular flexibility index (Phi) is 5.68. The van der Waals surface area contributed by atoms with Crippen molar-refractivity contribution in [2.75, 3.05) is 12.4 Å². The van der Waals surface area contributed by atoms with E-state index in [1.165, 1.54) is 11.8 Å². The fourth-order valence-electron chi connectivity index (χ4n) is 3.50. The van der Waals surface area contributed by atoms with E-state index in [-0.39, 0.29) is 18.1 Å². The number of fused-ring (bicyclic) bond motifs is 1. The first-order valence-electron chi connectivity index (χ1n) is 9.65. The van der Waals surface area contributed by atoms with Crippen LogP contribution in [0.25, 0.3) is 22.3 Å². The van der Waals surface area contributed by atoms with Gasteiger partial charge in [-0.2, -0.15) is 0 Å². The minimum atomic E-state index is 0.000288. The number of aromatic nitrogens is 4. The topological polar surface area (TPSA) is 84.8 Å². The molecular formula is C20H25N5O2S.